The molecule has 0 heterocycles. The molecule has 2 amide bonds. The number of carbonyl (C=O) groups is 3. The lowest BCUT2D eigenvalue weighted by Gasteiger charge is -2.09. The minimum atomic E-state index is -0.983. The minimum Gasteiger partial charge on any atom is -0.491 e. The van der Waals surface area contributed by atoms with Crippen molar-refractivity contribution in [3.8, 4) is 5.75 Å². The van der Waals surface area contributed by atoms with Gasteiger partial charge in [0.15, 0.2) is 0 Å². The van der Waals surface area contributed by atoms with E-state index in [1.807, 2.05) is 0 Å². The number of amides is 2. The lowest BCUT2D eigenvalue weighted by molar-refractivity contribution is -0.138. The molecule has 174 valence electrons. The van der Waals surface area contributed by atoms with E-state index in [0.29, 0.717) is 65.0 Å². The normalized spacial score (nSPS) is 10.5. The molecular formula is C21H32N2O8. The lowest BCUT2D eigenvalue weighted by Crippen LogP contribution is -2.25. The number of benzene rings is 1. The van der Waals surface area contributed by atoms with Crippen molar-refractivity contribution < 1.29 is 38.4 Å². The Morgan fingerprint density at radius 1 is 0.839 bits per heavy atom. The first-order valence-corrected chi connectivity index (χ1v) is 10.2. The highest BCUT2D eigenvalue weighted by atomic mass is 16.6. The highest BCUT2D eigenvalue weighted by Gasteiger charge is 2.04. The highest BCUT2D eigenvalue weighted by molar-refractivity contribution is 5.88. The Hall–Kier alpha value is -2.69. The zero-order chi connectivity index (χ0) is 22.7. The number of nitrogens with one attached hydrogen (secondary N) is 2. The van der Waals surface area contributed by atoms with Crippen molar-refractivity contribution in [3.63, 3.8) is 0 Å². The molecule has 0 bridgehead atoms. The van der Waals surface area contributed by atoms with Crippen LogP contribution in [-0.4, -0.2) is 75.7 Å². The van der Waals surface area contributed by atoms with E-state index in [1.165, 1.54) is 6.92 Å². The average molecular weight is 440 g/mol. The first-order chi connectivity index (χ1) is 15.0. The molecule has 0 aliphatic heterocycles. The minimum absolute atomic E-state index is 0.00867. The fraction of sp³-hybridized carbons (Fsp3) is 0.571. The molecule has 0 aliphatic carbocycles. The lowest BCUT2D eigenvalue weighted by atomic mass is 10.3. The average Bonchev–Trinajstić information content (AvgIpc) is 2.73. The Morgan fingerprint density at radius 2 is 1.42 bits per heavy atom. The van der Waals surface area contributed by atoms with Gasteiger partial charge in [0, 0.05) is 32.2 Å². The van der Waals surface area contributed by atoms with Crippen molar-refractivity contribution in [1.82, 2.24) is 5.32 Å². The number of carboxylic acids is 1. The summed E-state index contributed by atoms with van der Waals surface area (Å²) in [5.41, 5.74) is 0.719. The highest BCUT2D eigenvalue weighted by Crippen LogP contribution is 2.15. The Labute approximate surface area is 182 Å². The fourth-order valence-corrected chi connectivity index (χ4v) is 2.31. The van der Waals surface area contributed by atoms with Crippen molar-refractivity contribution in [2.24, 2.45) is 0 Å². The zero-order valence-corrected chi connectivity index (χ0v) is 17.9. The maximum Gasteiger partial charge on any atom is 0.303 e. The number of anilines is 1. The van der Waals surface area contributed by atoms with Crippen molar-refractivity contribution in [3.05, 3.63) is 24.3 Å². The predicted molar refractivity (Wildman–Crippen MR) is 113 cm³/mol. The number of hydrogen-bond donors (Lipinski definition) is 3. The van der Waals surface area contributed by atoms with E-state index in [9.17, 15) is 14.4 Å². The van der Waals surface area contributed by atoms with E-state index in [2.05, 4.69) is 10.6 Å². The summed E-state index contributed by atoms with van der Waals surface area (Å²) in [5, 5.41) is 13.8. The molecule has 1 aromatic carbocycles. The topological polar surface area (TPSA) is 132 Å². The number of ether oxygens (including phenoxy) is 4. The van der Waals surface area contributed by atoms with E-state index in [-0.39, 0.29) is 24.7 Å². The van der Waals surface area contributed by atoms with Gasteiger partial charge in [-0.3, -0.25) is 14.4 Å². The van der Waals surface area contributed by atoms with Gasteiger partial charge in [-0.1, -0.05) is 0 Å². The van der Waals surface area contributed by atoms with Crippen LogP contribution in [0.3, 0.4) is 0 Å². The summed E-state index contributed by atoms with van der Waals surface area (Å²) in [7, 11) is 0. The third-order valence-electron chi connectivity index (χ3n) is 3.77. The first-order valence-electron chi connectivity index (χ1n) is 10.2. The molecule has 0 radical (unpaired) electrons. The SMILES string of the molecule is CC(=O)Nc1ccc(OCCOCCOCCOCCCNC(=O)CCC(=O)O)cc1. The Bertz CT molecular complexity index is 651. The second-order valence-electron chi connectivity index (χ2n) is 6.49. The van der Waals surface area contributed by atoms with Gasteiger partial charge in [0.25, 0.3) is 0 Å². The molecule has 0 spiro atoms. The van der Waals surface area contributed by atoms with Crippen LogP contribution in [0.25, 0.3) is 0 Å². The summed E-state index contributed by atoms with van der Waals surface area (Å²) in [6, 6.07) is 7.10. The van der Waals surface area contributed by atoms with Gasteiger partial charge < -0.3 is 34.7 Å². The monoisotopic (exact) mass is 440 g/mol. The zero-order valence-electron chi connectivity index (χ0n) is 17.9. The van der Waals surface area contributed by atoms with Crippen LogP contribution in [0, 0.1) is 0 Å². The van der Waals surface area contributed by atoms with Crippen LogP contribution in [0.1, 0.15) is 26.2 Å². The Kier molecular flexibility index (Phi) is 14.5. The number of carbonyl (C=O) groups excluding carboxylic acids is 2. The number of rotatable bonds is 18. The van der Waals surface area contributed by atoms with Crippen LogP contribution in [0.4, 0.5) is 5.69 Å². The molecule has 31 heavy (non-hydrogen) atoms. The molecule has 0 aromatic heterocycles. The van der Waals surface area contributed by atoms with E-state index < -0.39 is 5.97 Å². The van der Waals surface area contributed by atoms with Gasteiger partial charge in [0.2, 0.25) is 11.8 Å². The summed E-state index contributed by atoms with van der Waals surface area (Å²) < 4.78 is 21.7. The molecule has 10 nitrogen and oxygen atoms in total. The third kappa shape index (κ3) is 15.8. The smallest absolute Gasteiger partial charge is 0.303 e. The number of carboxylic acid groups (broad SMARTS) is 1. The van der Waals surface area contributed by atoms with E-state index >= 15 is 0 Å². The van der Waals surface area contributed by atoms with Crippen molar-refractivity contribution in [2.75, 3.05) is 58.1 Å². The van der Waals surface area contributed by atoms with E-state index in [0.717, 1.165) is 5.69 Å². The maximum absolute atomic E-state index is 11.3. The van der Waals surface area contributed by atoms with E-state index in [4.69, 9.17) is 24.1 Å². The molecule has 0 atom stereocenters. The summed E-state index contributed by atoms with van der Waals surface area (Å²) in [4.78, 5) is 32.6. The van der Waals surface area contributed by atoms with Crippen LogP contribution < -0.4 is 15.4 Å². The van der Waals surface area contributed by atoms with Gasteiger partial charge in [-0.05, 0) is 30.7 Å². The molecule has 1 rings (SSSR count). The van der Waals surface area contributed by atoms with E-state index in [1.54, 1.807) is 24.3 Å². The van der Waals surface area contributed by atoms with Gasteiger partial charge in [-0.25, -0.2) is 0 Å². The Balaban J connectivity index is 1.84. The van der Waals surface area contributed by atoms with Crippen molar-refractivity contribution in [1.29, 1.82) is 0 Å². The third-order valence-corrected chi connectivity index (χ3v) is 3.77. The first kappa shape index (κ1) is 26.3. The fourth-order valence-electron chi connectivity index (χ4n) is 2.31. The van der Waals surface area contributed by atoms with Gasteiger partial charge in [-0.2, -0.15) is 0 Å². The maximum atomic E-state index is 11.3. The standard InChI is InChI=1S/C21H32N2O8/c1-17(24)23-18-3-5-19(6-4-18)31-16-15-30-14-13-29-12-11-28-10-2-9-22-20(25)7-8-21(26)27/h3-6H,2,7-16H2,1H3,(H,22,25)(H,23,24)(H,26,27). The molecule has 1 aromatic rings. The largest absolute Gasteiger partial charge is 0.491 e. The second-order valence-corrected chi connectivity index (χ2v) is 6.49. The van der Waals surface area contributed by atoms with Crippen molar-refractivity contribution in [2.45, 2.75) is 26.2 Å². The quantitative estimate of drug-likeness (QED) is 0.292. The van der Waals surface area contributed by atoms with Crippen LogP contribution in [-0.2, 0) is 28.6 Å². The van der Waals surface area contributed by atoms with Gasteiger partial charge in [-0.15, -0.1) is 0 Å². The summed E-state index contributed by atoms with van der Waals surface area (Å²) in [6.07, 6.45) is 0.481. The molecule has 3 N–H and O–H groups in total. The van der Waals surface area contributed by atoms with Crippen LogP contribution in [0.2, 0.25) is 0 Å². The molecule has 0 saturated carbocycles. The molecule has 0 fully saturated rings. The summed E-state index contributed by atoms with van der Waals surface area (Å²) in [6.45, 7) is 5.05. The Morgan fingerprint density at radius 3 is 2.00 bits per heavy atom. The molecule has 0 unspecified atom stereocenters. The summed E-state index contributed by atoms with van der Waals surface area (Å²) in [5.74, 6) is -0.668. The van der Waals surface area contributed by atoms with Gasteiger partial charge >= 0.3 is 5.97 Å². The molecule has 0 saturated heterocycles. The molecule has 10 heteroatoms. The van der Waals surface area contributed by atoms with Gasteiger partial charge in [0.05, 0.1) is 39.5 Å². The molecule has 0 aliphatic rings. The predicted octanol–water partition coefficient (Wildman–Crippen LogP) is 1.44. The van der Waals surface area contributed by atoms with Gasteiger partial charge in [0.1, 0.15) is 12.4 Å². The van der Waals surface area contributed by atoms with Crippen LogP contribution >= 0.6 is 0 Å². The second kappa shape index (κ2) is 17.0. The molecular weight excluding hydrogens is 408 g/mol. The summed E-state index contributed by atoms with van der Waals surface area (Å²) >= 11 is 0. The van der Waals surface area contributed by atoms with Crippen LogP contribution in [0.5, 0.6) is 5.75 Å². The van der Waals surface area contributed by atoms with Crippen molar-refractivity contribution >= 4 is 23.5 Å². The number of hydrogen-bond acceptors (Lipinski definition) is 7. The van der Waals surface area contributed by atoms with Crippen LogP contribution in [0.15, 0.2) is 24.3 Å². The number of aliphatic carboxylic acids is 1.